The SMILES string of the molecule is Cc1ccc(-n2c3ccccc3c3ccc(Oc4cc(-c5cc(C)cc(C)c5)c5cccc(O)c5n4)cc32)nc1. The number of hydrogen-bond acceptors (Lipinski definition) is 4. The van der Waals surface area contributed by atoms with Gasteiger partial charge in [0.25, 0.3) is 0 Å². The fourth-order valence-electron chi connectivity index (χ4n) is 5.60. The summed E-state index contributed by atoms with van der Waals surface area (Å²) in [6.45, 7) is 6.22. The van der Waals surface area contributed by atoms with Crippen LogP contribution >= 0.6 is 0 Å². The van der Waals surface area contributed by atoms with Crippen LogP contribution in [0.3, 0.4) is 0 Å². The molecule has 0 saturated heterocycles. The van der Waals surface area contributed by atoms with E-state index in [9.17, 15) is 5.11 Å². The molecule has 1 N–H and O–H groups in total. The van der Waals surface area contributed by atoms with Crippen LogP contribution in [0.1, 0.15) is 16.7 Å². The van der Waals surface area contributed by atoms with Crippen molar-refractivity contribution in [2.45, 2.75) is 20.8 Å². The van der Waals surface area contributed by atoms with Crippen LogP contribution in [0.25, 0.3) is 49.7 Å². The van der Waals surface area contributed by atoms with Crippen LogP contribution in [0, 0.1) is 20.8 Å². The van der Waals surface area contributed by atoms with E-state index in [2.05, 4.69) is 66.9 Å². The maximum Gasteiger partial charge on any atom is 0.220 e. The van der Waals surface area contributed by atoms with E-state index in [1.807, 2.05) is 55.6 Å². The molecule has 0 saturated carbocycles. The monoisotopic (exact) mass is 521 g/mol. The van der Waals surface area contributed by atoms with Gasteiger partial charge in [0.2, 0.25) is 5.88 Å². The van der Waals surface area contributed by atoms with Crippen LogP contribution in [0.5, 0.6) is 17.4 Å². The largest absolute Gasteiger partial charge is 0.506 e. The number of pyridine rings is 2. The molecule has 0 amide bonds. The molecule has 5 heteroatoms. The van der Waals surface area contributed by atoms with E-state index in [0.717, 1.165) is 49.7 Å². The highest BCUT2D eigenvalue weighted by molar-refractivity contribution is 6.09. The number of nitrogens with zero attached hydrogens (tertiary/aromatic N) is 3. The fourth-order valence-corrected chi connectivity index (χ4v) is 5.60. The van der Waals surface area contributed by atoms with Gasteiger partial charge in [0.15, 0.2) is 0 Å². The molecule has 0 fully saturated rings. The van der Waals surface area contributed by atoms with Crippen LogP contribution in [-0.4, -0.2) is 19.6 Å². The van der Waals surface area contributed by atoms with Gasteiger partial charge in [0, 0.05) is 34.5 Å². The number of fused-ring (bicyclic) bond motifs is 4. The third kappa shape index (κ3) is 4.03. The van der Waals surface area contributed by atoms with Gasteiger partial charge >= 0.3 is 0 Å². The van der Waals surface area contributed by atoms with Gasteiger partial charge in [-0.1, -0.05) is 65.7 Å². The van der Waals surface area contributed by atoms with Crippen molar-refractivity contribution >= 4 is 32.7 Å². The molecule has 7 aromatic rings. The average Bonchev–Trinajstić information content (AvgIpc) is 3.27. The number of phenols is 1. The molecule has 0 unspecified atom stereocenters. The van der Waals surface area contributed by atoms with Crippen molar-refractivity contribution in [1.82, 2.24) is 14.5 Å². The molecule has 0 radical (unpaired) electrons. The zero-order valence-corrected chi connectivity index (χ0v) is 22.5. The molecular weight excluding hydrogens is 494 g/mol. The van der Waals surface area contributed by atoms with Gasteiger partial charge in [-0.15, -0.1) is 0 Å². The first-order valence-electron chi connectivity index (χ1n) is 13.3. The highest BCUT2D eigenvalue weighted by Gasteiger charge is 2.16. The Balaban J connectivity index is 1.40. The summed E-state index contributed by atoms with van der Waals surface area (Å²) in [5.74, 6) is 2.03. The van der Waals surface area contributed by atoms with Crippen molar-refractivity contribution in [2.75, 3.05) is 0 Å². The van der Waals surface area contributed by atoms with Crippen LogP contribution in [0.2, 0.25) is 0 Å². The quantitative estimate of drug-likeness (QED) is 0.251. The second-order valence-electron chi connectivity index (χ2n) is 10.4. The first kappa shape index (κ1) is 23.9. The first-order valence-corrected chi connectivity index (χ1v) is 13.3. The molecule has 4 aromatic carbocycles. The summed E-state index contributed by atoms with van der Waals surface area (Å²) in [4.78, 5) is 9.44. The van der Waals surface area contributed by atoms with Crippen LogP contribution in [0.4, 0.5) is 0 Å². The van der Waals surface area contributed by atoms with Crippen molar-refractivity contribution in [3.63, 3.8) is 0 Å². The number of ether oxygens (including phenoxy) is 1. The molecule has 5 nitrogen and oxygen atoms in total. The topological polar surface area (TPSA) is 60.2 Å². The summed E-state index contributed by atoms with van der Waals surface area (Å²) in [5.41, 5.74) is 8.05. The number of aryl methyl sites for hydroxylation is 3. The van der Waals surface area contributed by atoms with Gasteiger partial charge in [0.1, 0.15) is 22.8 Å². The van der Waals surface area contributed by atoms with Gasteiger partial charge in [-0.25, -0.2) is 9.97 Å². The van der Waals surface area contributed by atoms with Crippen LogP contribution < -0.4 is 4.74 Å². The first-order chi connectivity index (χ1) is 19.4. The van der Waals surface area contributed by atoms with Crippen LogP contribution in [0.15, 0.2) is 103 Å². The van der Waals surface area contributed by atoms with E-state index < -0.39 is 0 Å². The Hall–Kier alpha value is -5.16. The van der Waals surface area contributed by atoms with Crippen molar-refractivity contribution in [1.29, 1.82) is 0 Å². The Morgan fingerprint density at radius 2 is 1.45 bits per heavy atom. The van der Waals surface area contributed by atoms with E-state index in [4.69, 9.17) is 14.7 Å². The molecule has 40 heavy (non-hydrogen) atoms. The Labute approximate surface area is 232 Å². The predicted molar refractivity (Wildman–Crippen MR) is 162 cm³/mol. The zero-order chi connectivity index (χ0) is 27.4. The maximum absolute atomic E-state index is 10.7. The molecule has 7 rings (SSSR count). The number of hydrogen-bond donors (Lipinski definition) is 1. The summed E-state index contributed by atoms with van der Waals surface area (Å²) >= 11 is 0. The van der Waals surface area contributed by atoms with E-state index in [-0.39, 0.29) is 5.75 Å². The third-order valence-corrected chi connectivity index (χ3v) is 7.32. The van der Waals surface area contributed by atoms with E-state index in [0.29, 0.717) is 17.1 Å². The van der Waals surface area contributed by atoms with Crippen molar-refractivity contribution < 1.29 is 9.84 Å². The minimum atomic E-state index is 0.120. The summed E-state index contributed by atoms with van der Waals surface area (Å²) < 4.78 is 8.59. The molecule has 0 spiro atoms. The second kappa shape index (κ2) is 9.24. The fraction of sp³-hybridized carbons (Fsp3) is 0.0857. The van der Waals surface area contributed by atoms with E-state index in [1.54, 1.807) is 6.07 Å². The number of aromatic nitrogens is 3. The molecular formula is C35H27N3O2. The summed E-state index contributed by atoms with van der Waals surface area (Å²) in [6.07, 6.45) is 1.89. The number of benzene rings is 4. The standard InChI is InChI=1S/C35H27N3O2/c1-21-11-14-33(36-20-21)38-30-9-5-4-7-26(30)27-13-12-25(18-31(27)38)40-34-19-29(24-16-22(2)15-23(3)17-24)28-8-6-10-32(39)35(28)37-34/h4-20,39H,1-3H3. The normalized spacial score (nSPS) is 11.5. The number of rotatable bonds is 4. The molecule has 0 aliphatic rings. The summed E-state index contributed by atoms with van der Waals surface area (Å²) in [5, 5.41) is 13.9. The van der Waals surface area contributed by atoms with Crippen LogP contribution in [-0.2, 0) is 0 Å². The summed E-state index contributed by atoms with van der Waals surface area (Å²) in [7, 11) is 0. The Bertz CT molecular complexity index is 2050. The second-order valence-corrected chi connectivity index (χ2v) is 10.4. The lowest BCUT2D eigenvalue weighted by atomic mass is 9.97. The minimum absolute atomic E-state index is 0.120. The predicted octanol–water partition coefficient (Wildman–Crippen LogP) is 8.82. The van der Waals surface area contributed by atoms with Crippen molar-refractivity contribution in [3.05, 3.63) is 120 Å². The molecule has 3 heterocycles. The number of phenolic OH excluding ortho intramolecular Hbond substituents is 1. The highest BCUT2D eigenvalue weighted by Crippen LogP contribution is 2.38. The van der Waals surface area contributed by atoms with Gasteiger partial charge in [-0.05, 0) is 67.8 Å². The minimum Gasteiger partial charge on any atom is -0.506 e. The van der Waals surface area contributed by atoms with Gasteiger partial charge in [0.05, 0.1) is 11.0 Å². The molecule has 0 aliphatic heterocycles. The summed E-state index contributed by atoms with van der Waals surface area (Å²) in [6, 6.07) is 32.4. The maximum atomic E-state index is 10.7. The third-order valence-electron chi connectivity index (χ3n) is 7.32. The zero-order valence-electron chi connectivity index (χ0n) is 22.5. The molecule has 0 atom stereocenters. The lowest BCUT2D eigenvalue weighted by Gasteiger charge is -2.13. The Morgan fingerprint density at radius 3 is 2.25 bits per heavy atom. The smallest absolute Gasteiger partial charge is 0.220 e. The van der Waals surface area contributed by atoms with E-state index in [1.165, 1.54) is 11.1 Å². The lowest BCUT2D eigenvalue weighted by molar-refractivity contribution is 0.460. The highest BCUT2D eigenvalue weighted by atomic mass is 16.5. The molecule has 3 aromatic heterocycles. The van der Waals surface area contributed by atoms with Gasteiger partial charge in [-0.3, -0.25) is 4.57 Å². The number of aromatic hydroxyl groups is 1. The Kier molecular flexibility index (Phi) is 5.53. The van der Waals surface area contributed by atoms with Gasteiger partial charge < -0.3 is 9.84 Å². The molecule has 0 bridgehead atoms. The average molecular weight is 522 g/mol. The molecule has 0 aliphatic carbocycles. The van der Waals surface area contributed by atoms with Gasteiger partial charge in [-0.2, -0.15) is 0 Å². The van der Waals surface area contributed by atoms with E-state index >= 15 is 0 Å². The van der Waals surface area contributed by atoms with Crippen molar-refractivity contribution in [2.24, 2.45) is 0 Å². The van der Waals surface area contributed by atoms with Crippen molar-refractivity contribution in [3.8, 4) is 34.3 Å². The Morgan fingerprint density at radius 1 is 0.675 bits per heavy atom. The number of para-hydroxylation sites is 2. The lowest BCUT2D eigenvalue weighted by Crippen LogP contribution is -1.97. The molecule has 194 valence electrons.